The topological polar surface area (TPSA) is 38.8 Å². The van der Waals surface area contributed by atoms with E-state index >= 15 is 0 Å². The fourth-order valence-corrected chi connectivity index (χ4v) is 4.02. The molecule has 0 radical (unpaired) electrons. The first-order valence-electron chi connectivity index (χ1n) is 10.8. The molecule has 1 saturated heterocycles. The summed E-state index contributed by atoms with van der Waals surface area (Å²) in [4.78, 5) is 13.9. The van der Waals surface area contributed by atoms with Gasteiger partial charge in [0.25, 0.3) is 0 Å². The highest BCUT2D eigenvalue weighted by Gasteiger charge is 2.12. The lowest BCUT2D eigenvalue weighted by Crippen LogP contribution is -2.25. The summed E-state index contributed by atoms with van der Waals surface area (Å²) in [7, 11) is 0. The van der Waals surface area contributed by atoms with Gasteiger partial charge in [-0.05, 0) is 67.4 Å². The molecular formula is C26H29NO3. The predicted octanol–water partition coefficient (Wildman–Crippen LogP) is 4.87. The zero-order chi connectivity index (χ0) is 20.8. The smallest absolute Gasteiger partial charge is 0.167 e. The molecule has 0 atom stereocenters. The first kappa shape index (κ1) is 20.4. The van der Waals surface area contributed by atoms with Crippen LogP contribution in [0.5, 0.6) is 11.5 Å². The summed E-state index contributed by atoms with van der Waals surface area (Å²) >= 11 is 0. The zero-order valence-corrected chi connectivity index (χ0v) is 17.6. The van der Waals surface area contributed by atoms with Crippen molar-refractivity contribution in [2.24, 2.45) is 0 Å². The third kappa shape index (κ3) is 5.19. The van der Waals surface area contributed by atoms with Gasteiger partial charge in [-0.2, -0.15) is 0 Å². The standard InChI is InChI=1S/C26H29NO3/c1-20(28)19-30-26-13-10-22-6-2-3-7-24(22)25(26)18-21-8-11-23(12-9-21)29-17-16-27-14-4-5-15-27/h2-3,6-13H,4-5,14-19H2,1H3. The Morgan fingerprint density at radius 3 is 2.47 bits per heavy atom. The molecule has 4 heteroatoms. The molecule has 3 aromatic carbocycles. The molecule has 0 aromatic heterocycles. The molecule has 4 rings (SSSR count). The van der Waals surface area contributed by atoms with E-state index in [0.717, 1.165) is 42.0 Å². The summed E-state index contributed by atoms with van der Waals surface area (Å²) in [5.74, 6) is 1.70. The van der Waals surface area contributed by atoms with Crippen LogP contribution in [0.15, 0.2) is 60.7 Å². The average Bonchev–Trinajstić information content (AvgIpc) is 3.28. The molecule has 4 nitrogen and oxygen atoms in total. The van der Waals surface area contributed by atoms with Gasteiger partial charge in [-0.15, -0.1) is 0 Å². The molecule has 1 aliphatic heterocycles. The highest BCUT2D eigenvalue weighted by Crippen LogP contribution is 2.31. The predicted molar refractivity (Wildman–Crippen MR) is 121 cm³/mol. The Kier molecular flexibility index (Phi) is 6.65. The van der Waals surface area contributed by atoms with Gasteiger partial charge in [0.05, 0.1) is 0 Å². The molecule has 0 amide bonds. The van der Waals surface area contributed by atoms with Crippen LogP contribution < -0.4 is 9.47 Å². The minimum absolute atomic E-state index is 0.0181. The molecule has 0 saturated carbocycles. The van der Waals surface area contributed by atoms with Crippen molar-refractivity contribution >= 4 is 16.6 Å². The van der Waals surface area contributed by atoms with Gasteiger partial charge < -0.3 is 9.47 Å². The Labute approximate surface area is 178 Å². The van der Waals surface area contributed by atoms with Gasteiger partial charge in [0.15, 0.2) is 5.78 Å². The summed E-state index contributed by atoms with van der Waals surface area (Å²) in [6.07, 6.45) is 3.35. The monoisotopic (exact) mass is 403 g/mol. The number of likely N-dealkylation sites (tertiary alicyclic amines) is 1. The van der Waals surface area contributed by atoms with Gasteiger partial charge in [-0.25, -0.2) is 0 Å². The molecule has 3 aromatic rings. The van der Waals surface area contributed by atoms with E-state index < -0.39 is 0 Å². The van der Waals surface area contributed by atoms with Crippen molar-refractivity contribution in [2.45, 2.75) is 26.2 Å². The summed E-state index contributed by atoms with van der Waals surface area (Å²) < 4.78 is 11.8. The Morgan fingerprint density at radius 1 is 0.933 bits per heavy atom. The van der Waals surface area contributed by atoms with E-state index in [4.69, 9.17) is 9.47 Å². The van der Waals surface area contributed by atoms with Gasteiger partial charge in [0, 0.05) is 18.5 Å². The maximum absolute atomic E-state index is 11.4. The van der Waals surface area contributed by atoms with Crippen molar-refractivity contribution in [1.82, 2.24) is 4.90 Å². The second kappa shape index (κ2) is 9.77. The van der Waals surface area contributed by atoms with Crippen LogP contribution in [0.1, 0.15) is 30.9 Å². The number of carbonyl (C=O) groups excluding carboxylic acids is 1. The molecule has 1 fully saturated rings. The molecule has 156 valence electrons. The van der Waals surface area contributed by atoms with Crippen LogP contribution in [0, 0.1) is 0 Å². The Bertz CT molecular complexity index is 991. The Morgan fingerprint density at radius 2 is 1.70 bits per heavy atom. The Hall–Kier alpha value is -2.85. The average molecular weight is 404 g/mol. The molecule has 0 N–H and O–H groups in total. The van der Waals surface area contributed by atoms with E-state index in [-0.39, 0.29) is 12.4 Å². The minimum atomic E-state index is 0.0181. The van der Waals surface area contributed by atoms with Crippen LogP contribution in [0.2, 0.25) is 0 Å². The minimum Gasteiger partial charge on any atom is -0.492 e. The third-order valence-corrected chi connectivity index (χ3v) is 5.61. The van der Waals surface area contributed by atoms with Gasteiger partial charge in [-0.3, -0.25) is 9.69 Å². The largest absolute Gasteiger partial charge is 0.492 e. The second-order valence-electron chi connectivity index (χ2n) is 7.97. The Balaban J connectivity index is 1.47. The van der Waals surface area contributed by atoms with E-state index in [1.807, 2.05) is 36.4 Å². The molecule has 0 aliphatic carbocycles. The first-order chi connectivity index (χ1) is 14.7. The molecule has 1 heterocycles. The normalized spacial score (nSPS) is 14.2. The van der Waals surface area contributed by atoms with Crippen LogP contribution in [0.25, 0.3) is 10.8 Å². The lowest BCUT2D eigenvalue weighted by atomic mass is 9.97. The number of ketones is 1. The lowest BCUT2D eigenvalue weighted by molar-refractivity contribution is -0.118. The summed E-state index contributed by atoms with van der Waals surface area (Å²) in [6, 6.07) is 20.6. The fourth-order valence-electron chi connectivity index (χ4n) is 4.02. The van der Waals surface area contributed by atoms with E-state index in [0.29, 0.717) is 0 Å². The second-order valence-corrected chi connectivity index (χ2v) is 7.97. The zero-order valence-electron chi connectivity index (χ0n) is 17.6. The number of hydrogen-bond acceptors (Lipinski definition) is 4. The molecule has 30 heavy (non-hydrogen) atoms. The maximum atomic E-state index is 11.4. The first-order valence-corrected chi connectivity index (χ1v) is 10.8. The molecule has 0 unspecified atom stereocenters. The molecule has 0 spiro atoms. The fraction of sp³-hybridized carbons (Fsp3) is 0.346. The molecule has 0 bridgehead atoms. The van der Waals surface area contributed by atoms with Crippen LogP contribution >= 0.6 is 0 Å². The highest BCUT2D eigenvalue weighted by atomic mass is 16.5. The van der Waals surface area contributed by atoms with Gasteiger partial charge in [0.1, 0.15) is 24.7 Å². The van der Waals surface area contributed by atoms with Crippen molar-refractivity contribution in [2.75, 3.05) is 32.8 Å². The summed E-state index contributed by atoms with van der Waals surface area (Å²) in [5, 5.41) is 2.33. The van der Waals surface area contributed by atoms with Gasteiger partial charge in [-0.1, -0.05) is 42.5 Å². The van der Waals surface area contributed by atoms with Crippen molar-refractivity contribution < 1.29 is 14.3 Å². The highest BCUT2D eigenvalue weighted by molar-refractivity contribution is 5.88. The number of hydrogen-bond donors (Lipinski definition) is 0. The van der Waals surface area contributed by atoms with Crippen molar-refractivity contribution in [3.63, 3.8) is 0 Å². The number of Topliss-reactive ketones (excluding diaryl/α,β-unsaturated/α-hetero) is 1. The summed E-state index contributed by atoms with van der Waals surface area (Å²) in [6.45, 7) is 5.75. The van der Waals surface area contributed by atoms with E-state index in [2.05, 4.69) is 29.2 Å². The van der Waals surface area contributed by atoms with Crippen molar-refractivity contribution in [3.05, 3.63) is 71.8 Å². The number of benzene rings is 3. The van der Waals surface area contributed by atoms with Crippen LogP contribution in [0.4, 0.5) is 0 Å². The SMILES string of the molecule is CC(=O)COc1ccc2ccccc2c1Cc1ccc(OCCN2CCCC2)cc1. The molecule has 1 aliphatic rings. The summed E-state index contributed by atoms with van der Waals surface area (Å²) in [5.41, 5.74) is 2.29. The van der Waals surface area contributed by atoms with Gasteiger partial charge >= 0.3 is 0 Å². The van der Waals surface area contributed by atoms with Crippen LogP contribution in [-0.2, 0) is 11.2 Å². The number of nitrogens with zero attached hydrogens (tertiary/aromatic N) is 1. The maximum Gasteiger partial charge on any atom is 0.167 e. The van der Waals surface area contributed by atoms with Gasteiger partial charge in [0.2, 0.25) is 0 Å². The van der Waals surface area contributed by atoms with Crippen molar-refractivity contribution in [3.8, 4) is 11.5 Å². The third-order valence-electron chi connectivity index (χ3n) is 5.61. The van der Waals surface area contributed by atoms with Crippen molar-refractivity contribution in [1.29, 1.82) is 0 Å². The number of fused-ring (bicyclic) bond motifs is 1. The van der Waals surface area contributed by atoms with Crippen LogP contribution in [0.3, 0.4) is 0 Å². The van der Waals surface area contributed by atoms with E-state index in [9.17, 15) is 4.79 Å². The number of ether oxygens (including phenoxy) is 2. The quantitative estimate of drug-likeness (QED) is 0.511. The lowest BCUT2D eigenvalue weighted by Gasteiger charge is -2.16. The van der Waals surface area contributed by atoms with E-state index in [1.165, 1.54) is 36.9 Å². The van der Waals surface area contributed by atoms with Crippen LogP contribution in [-0.4, -0.2) is 43.5 Å². The number of carbonyl (C=O) groups is 1. The molecular weight excluding hydrogens is 374 g/mol. The number of rotatable bonds is 9. The van der Waals surface area contributed by atoms with E-state index in [1.54, 1.807) is 6.92 Å².